The predicted molar refractivity (Wildman–Crippen MR) is 81.7 cm³/mol. The Hall–Kier alpha value is -1.20. The summed E-state index contributed by atoms with van der Waals surface area (Å²) in [6.07, 6.45) is -7.04. The highest BCUT2D eigenvalue weighted by Crippen LogP contribution is 2.50. The van der Waals surface area contributed by atoms with Crippen LogP contribution in [0.5, 0.6) is 5.75 Å². The summed E-state index contributed by atoms with van der Waals surface area (Å²) in [5.74, 6) is -2.86. The van der Waals surface area contributed by atoms with Crippen molar-refractivity contribution in [1.29, 1.82) is 0 Å². The summed E-state index contributed by atoms with van der Waals surface area (Å²) in [6.45, 7) is 4.32. The minimum absolute atomic E-state index is 0.116. The van der Waals surface area contributed by atoms with Gasteiger partial charge in [-0.25, -0.2) is 4.39 Å². The van der Waals surface area contributed by atoms with E-state index in [0.29, 0.717) is 12.1 Å². The molecule has 1 unspecified atom stereocenters. The topological polar surface area (TPSA) is 88.1 Å². The molecule has 0 radical (unpaired) electrons. The van der Waals surface area contributed by atoms with Gasteiger partial charge in [0.05, 0.1) is 12.7 Å². The minimum atomic E-state index is -5.26. The molecular weight excluding hydrogens is 407 g/mol. The summed E-state index contributed by atoms with van der Waals surface area (Å²) in [5, 5.41) is 0. The van der Waals surface area contributed by atoms with E-state index < -0.39 is 53.0 Å². The summed E-state index contributed by atoms with van der Waals surface area (Å²) < 4.78 is 106. The maximum absolute atomic E-state index is 13.9. The smallest absolute Gasteiger partial charge is 0.404 e. The molecule has 0 aliphatic carbocycles. The Labute approximate surface area is 147 Å². The number of halogens is 4. The Bertz CT molecular complexity index is 764. The molecule has 0 fully saturated rings. The van der Waals surface area contributed by atoms with Gasteiger partial charge in [0.2, 0.25) is 0 Å². The second kappa shape index (κ2) is 8.66. The van der Waals surface area contributed by atoms with E-state index in [0.717, 1.165) is 6.07 Å². The van der Waals surface area contributed by atoms with Crippen LogP contribution in [0, 0.1) is 5.82 Å². The summed E-state index contributed by atoms with van der Waals surface area (Å²) >= 11 is 0. The molecule has 7 nitrogen and oxygen atoms in total. The first-order valence-electron chi connectivity index (χ1n) is 7.15. The van der Waals surface area contributed by atoms with Crippen molar-refractivity contribution < 1.29 is 48.5 Å². The van der Waals surface area contributed by atoms with Gasteiger partial charge in [-0.05, 0) is 32.9 Å². The Morgan fingerprint density at radius 3 is 2.35 bits per heavy atom. The van der Waals surface area contributed by atoms with Crippen molar-refractivity contribution in [2.75, 3.05) is 13.0 Å². The molecule has 0 aliphatic rings. The van der Waals surface area contributed by atoms with Gasteiger partial charge in [0.1, 0.15) is 5.82 Å². The summed E-state index contributed by atoms with van der Waals surface area (Å²) in [5.41, 5.74) is 0. The van der Waals surface area contributed by atoms with Crippen LogP contribution in [0.2, 0.25) is 0 Å². The molecular formula is C13H17F4O7PS. The van der Waals surface area contributed by atoms with Gasteiger partial charge in [-0.2, -0.15) is 8.42 Å². The average Bonchev–Trinajstić information content (AvgIpc) is 2.43. The third kappa shape index (κ3) is 6.84. The molecule has 0 spiro atoms. The first kappa shape index (κ1) is 22.8. The molecule has 26 heavy (non-hydrogen) atoms. The molecule has 0 bridgehead atoms. The predicted octanol–water partition coefficient (Wildman–Crippen LogP) is 4.04. The largest absolute Gasteiger partial charge is 0.573 e. The van der Waals surface area contributed by atoms with Crippen molar-refractivity contribution in [3.63, 3.8) is 0 Å². The minimum Gasteiger partial charge on any atom is -0.404 e. The molecule has 0 saturated heterocycles. The zero-order chi connectivity index (χ0) is 20.2. The average molecular weight is 424 g/mol. The van der Waals surface area contributed by atoms with Crippen molar-refractivity contribution in [3.05, 3.63) is 24.0 Å². The van der Waals surface area contributed by atoms with Crippen LogP contribution in [0.15, 0.2) is 23.1 Å². The van der Waals surface area contributed by atoms with Crippen molar-refractivity contribution in [2.24, 2.45) is 0 Å². The number of ether oxygens (including phenoxy) is 1. The summed E-state index contributed by atoms with van der Waals surface area (Å²) in [6, 6.07) is 2.02. The van der Waals surface area contributed by atoms with E-state index in [2.05, 4.69) is 8.92 Å². The van der Waals surface area contributed by atoms with Gasteiger partial charge >= 0.3 is 24.1 Å². The molecule has 1 aromatic carbocycles. The second-order valence-electron chi connectivity index (χ2n) is 5.00. The number of alkyl halides is 3. The van der Waals surface area contributed by atoms with Crippen LogP contribution in [0.25, 0.3) is 0 Å². The van der Waals surface area contributed by atoms with Gasteiger partial charge < -0.3 is 13.8 Å². The fourth-order valence-corrected chi connectivity index (χ4v) is 4.83. The van der Waals surface area contributed by atoms with Gasteiger partial charge in [-0.1, -0.05) is 6.07 Å². The van der Waals surface area contributed by atoms with Crippen LogP contribution in [0.4, 0.5) is 17.6 Å². The lowest BCUT2D eigenvalue weighted by Gasteiger charge is -2.20. The Balaban J connectivity index is 3.17. The lowest BCUT2D eigenvalue weighted by molar-refractivity contribution is -0.275. The van der Waals surface area contributed by atoms with Gasteiger partial charge in [-0.15, -0.1) is 13.2 Å². The van der Waals surface area contributed by atoms with E-state index in [1.54, 1.807) is 0 Å². The van der Waals surface area contributed by atoms with Gasteiger partial charge in [-0.3, -0.25) is 8.75 Å². The van der Waals surface area contributed by atoms with E-state index in [-0.39, 0.29) is 6.61 Å². The van der Waals surface area contributed by atoms with Crippen LogP contribution in [0.3, 0.4) is 0 Å². The van der Waals surface area contributed by atoms with E-state index in [1.165, 1.54) is 20.8 Å². The zero-order valence-corrected chi connectivity index (χ0v) is 15.7. The van der Waals surface area contributed by atoms with Crippen molar-refractivity contribution in [1.82, 2.24) is 0 Å². The highest BCUT2D eigenvalue weighted by molar-refractivity contribution is 7.87. The van der Waals surface area contributed by atoms with Crippen molar-refractivity contribution >= 4 is 17.7 Å². The molecule has 0 aromatic heterocycles. The van der Waals surface area contributed by atoms with E-state index >= 15 is 0 Å². The standard InChI is InChI=1S/C13H17F4O7PS/c1-4-21-25(18,24-9(2)3)8-22-26(19,20)12-10(14)6-5-7-11(12)23-13(15,16)17/h5-7,9H,4,8H2,1-3H3. The maximum atomic E-state index is 13.9. The van der Waals surface area contributed by atoms with Crippen LogP contribution in [-0.2, 0) is 27.9 Å². The molecule has 150 valence electrons. The maximum Gasteiger partial charge on any atom is 0.573 e. The Morgan fingerprint density at radius 2 is 1.85 bits per heavy atom. The zero-order valence-electron chi connectivity index (χ0n) is 13.9. The molecule has 0 N–H and O–H groups in total. The van der Waals surface area contributed by atoms with E-state index in [9.17, 15) is 30.5 Å². The second-order valence-corrected chi connectivity index (χ2v) is 8.50. The number of hydrogen-bond acceptors (Lipinski definition) is 7. The normalized spacial score (nSPS) is 15.1. The van der Waals surface area contributed by atoms with Crippen LogP contribution in [-0.4, -0.2) is 33.8 Å². The van der Waals surface area contributed by atoms with Gasteiger partial charge in [0.25, 0.3) is 0 Å². The number of rotatable bonds is 9. The molecule has 1 rings (SSSR count). The Kier molecular flexibility index (Phi) is 7.61. The molecule has 13 heteroatoms. The molecule has 0 amide bonds. The van der Waals surface area contributed by atoms with Gasteiger partial charge in [0.15, 0.2) is 17.0 Å². The summed E-state index contributed by atoms with van der Waals surface area (Å²) in [7, 11) is -9.16. The fourth-order valence-electron chi connectivity index (χ4n) is 1.75. The highest BCUT2D eigenvalue weighted by Gasteiger charge is 2.37. The number of benzene rings is 1. The SMILES string of the molecule is CCOP(=O)(COS(=O)(=O)c1c(F)cccc1OC(F)(F)F)OC(C)C. The fraction of sp³-hybridized carbons (Fsp3) is 0.538. The molecule has 1 atom stereocenters. The Morgan fingerprint density at radius 1 is 1.23 bits per heavy atom. The van der Waals surface area contributed by atoms with Crippen molar-refractivity contribution in [2.45, 2.75) is 38.1 Å². The first-order valence-corrected chi connectivity index (χ1v) is 10.3. The molecule has 0 saturated carbocycles. The highest BCUT2D eigenvalue weighted by atomic mass is 32.2. The van der Waals surface area contributed by atoms with Crippen LogP contribution >= 0.6 is 7.60 Å². The monoisotopic (exact) mass is 424 g/mol. The van der Waals surface area contributed by atoms with Gasteiger partial charge in [0, 0.05) is 0 Å². The summed E-state index contributed by atoms with van der Waals surface area (Å²) in [4.78, 5) is -1.48. The first-order chi connectivity index (χ1) is 11.8. The third-order valence-electron chi connectivity index (χ3n) is 2.47. The van der Waals surface area contributed by atoms with Crippen LogP contribution in [0.1, 0.15) is 20.8 Å². The lowest BCUT2D eigenvalue weighted by Crippen LogP contribution is -2.20. The van der Waals surface area contributed by atoms with E-state index in [1.807, 2.05) is 0 Å². The molecule has 0 heterocycles. The molecule has 0 aliphatic heterocycles. The van der Waals surface area contributed by atoms with Crippen molar-refractivity contribution in [3.8, 4) is 5.75 Å². The van der Waals surface area contributed by atoms with E-state index in [4.69, 9.17) is 9.05 Å². The molecule has 1 aromatic rings. The van der Waals surface area contributed by atoms with Crippen LogP contribution < -0.4 is 4.74 Å². The lowest BCUT2D eigenvalue weighted by atomic mass is 10.3. The third-order valence-corrected chi connectivity index (χ3v) is 5.81. The number of hydrogen-bond donors (Lipinski definition) is 0. The quantitative estimate of drug-likeness (QED) is 0.336.